The van der Waals surface area contributed by atoms with Gasteiger partial charge in [0.2, 0.25) is 5.41 Å². The monoisotopic (exact) mass is 206 g/mol. The Balaban J connectivity index is 4.26. The van der Waals surface area contributed by atoms with Crippen LogP contribution < -0.4 is 0 Å². The molecule has 0 heterocycles. The Labute approximate surface area is 80.5 Å². The van der Waals surface area contributed by atoms with Gasteiger partial charge in [0.15, 0.2) is 0 Å². The lowest BCUT2D eigenvalue weighted by molar-refractivity contribution is -0.118. The number of unbranched alkanes of at least 4 members (excludes halogenated alkanes) is 1. The van der Waals surface area contributed by atoms with Crippen molar-refractivity contribution in [3.63, 3.8) is 0 Å². The third-order valence-electron chi connectivity index (χ3n) is 1.91. The minimum absolute atomic E-state index is 0.0400. The van der Waals surface area contributed by atoms with Crippen LogP contribution in [0.4, 0.5) is 0 Å². The van der Waals surface area contributed by atoms with Crippen molar-refractivity contribution in [3.05, 3.63) is 0 Å². The quantitative estimate of drug-likeness (QED) is 0.586. The lowest BCUT2D eigenvalue weighted by atomic mass is 10.3. The first-order chi connectivity index (χ1) is 6.16. The third-order valence-corrected chi connectivity index (χ3v) is 4.45. The maximum atomic E-state index is 11.6. The average Bonchev–Trinajstić information content (AvgIpc) is 2.18. The minimum atomic E-state index is -3.00. The van der Waals surface area contributed by atoms with Gasteiger partial charge in [-0.15, -0.1) is 0 Å². The highest BCUT2D eigenvalue weighted by Crippen LogP contribution is 2.11. The molecular formula is C8H18O4Si. The van der Waals surface area contributed by atoms with Crippen LogP contribution in [0.1, 0.15) is 26.2 Å². The SMILES string of the molecule is CCCCC(=O)[Si](OC)(OC)OC. The molecule has 4 nitrogen and oxygen atoms in total. The lowest BCUT2D eigenvalue weighted by Gasteiger charge is -2.22. The number of carbonyl (C=O) groups is 1. The molecule has 0 spiro atoms. The normalized spacial score (nSPS) is 11.7. The third kappa shape index (κ3) is 3.19. The smallest absolute Gasteiger partial charge is 0.372 e. The second kappa shape index (κ2) is 6.26. The van der Waals surface area contributed by atoms with Gasteiger partial charge in [-0.25, -0.2) is 0 Å². The summed E-state index contributed by atoms with van der Waals surface area (Å²) in [6, 6.07) is 0. The van der Waals surface area contributed by atoms with E-state index in [4.69, 9.17) is 13.3 Å². The first-order valence-corrected chi connectivity index (χ1v) is 6.08. The highest BCUT2D eigenvalue weighted by molar-refractivity contribution is 6.92. The predicted octanol–water partition coefficient (Wildman–Crippen LogP) is 1.16. The fourth-order valence-electron chi connectivity index (χ4n) is 1.08. The Morgan fingerprint density at radius 1 is 1.15 bits per heavy atom. The molecule has 0 aliphatic rings. The highest BCUT2D eigenvalue weighted by atomic mass is 28.4. The van der Waals surface area contributed by atoms with Crippen molar-refractivity contribution in [2.24, 2.45) is 0 Å². The summed E-state index contributed by atoms with van der Waals surface area (Å²) < 4.78 is 15.1. The molecule has 0 saturated heterocycles. The standard InChI is InChI=1S/C8H18O4Si/c1-5-6-7-8(9)13(10-2,11-3)12-4/h5-7H2,1-4H3. The molecule has 78 valence electrons. The van der Waals surface area contributed by atoms with Crippen molar-refractivity contribution >= 4 is 14.2 Å². The summed E-state index contributed by atoms with van der Waals surface area (Å²) in [6.07, 6.45) is 2.30. The van der Waals surface area contributed by atoms with Crippen LogP contribution in [-0.2, 0) is 18.1 Å². The van der Waals surface area contributed by atoms with E-state index in [1.54, 1.807) is 0 Å². The first kappa shape index (κ1) is 12.8. The van der Waals surface area contributed by atoms with E-state index in [-0.39, 0.29) is 5.41 Å². The van der Waals surface area contributed by atoms with Crippen molar-refractivity contribution in [2.75, 3.05) is 21.3 Å². The lowest BCUT2D eigenvalue weighted by Crippen LogP contribution is -2.51. The zero-order valence-corrected chi connectivity index (χ0v) is 9.75. The van der Waals surface area contributed by atoms with Crippen molar-refractivity contribution in [3.8, 4) is 0 Å². The molecule has 0 saturated carbocycles. The molecule has 13 heavy (non-hydrogen) atoms. The van der Waals surface area contributed by atoms with E-state index in [1.165, 1.54) is 21.3 Å². The molecule has 0 bridgehead atoms. The Hall–Kier alpha value is -0.233. The average molecular weight is 206 g/mol. The molecule has 0 unspecified atom stereocenters. The second-order valence-electron chi connectivity index (χ2n) is 2.70. The predicted molar refractivity (Wildman–Crippen MR) is 51.3 cm³/mol. The summed E-state index contributed by atoms with van der Waals surface area (Å²) >= 11 is 0. The van der Waals surface area contributed by atoms with Crippen molar-refractivity contribution in [1.29, 1.82) is 0 Å². The molecule has 0 aliphatic heterocycles. The Morgan fingerprint density at radius 2 is 1.62 bits per heavy atom. The van der Waals surface area contributed by atoms with Crippen LogP contribution in [0.15, 0.2) is 0 Å². The van der Waals surface area contributed by atoms with Crippen molar-refractivity contribution in [1.82, 2.24) is 0 Å². The van der Waals surface area contributed by atoms with Crippen LogP contribution in [0, 0.1) is 0 Å². The van der Waals surface area contributed by atoms with E-state index in [2.05, 4.69) is 0 Å². The van der Waals surface area contributed by atoms with E-state index in [9.17, 15) is 4.79 Å². The number of rotatable bonds is 7. The van der Waals surface area contributed by atoms with Gasteiger partial charge in [-0.2, -0.15) is 0 Å². The zero-order valence-electron chi connectivity index (χ0n) is 8.75. The molecule has 0 radical (unpaired) electrons. The molecule has 0 rings (SSSR count). The maximum absolute atomic E-state index is 11.6. The summed E-state index contributed by atoms with van der Waals surface area (Å²) in [4.78, 5) is 11.6. The van der Waals surface area contributed by atoms with Gasteiger partial charge >= 0.3 is 8.80 Å². The van der Waals surface area contributed by atoms with Gasteiger partial charge in [-0.05, 0) is 6.42 Å². The van der Waals surface area contributed by atoms with Crippen LogP contribution in [0.2, 0.25) is 0 Å². The van der Waals surface area contributed by atoms with Gasteiger partial charge in [0.1, 0.15) is 0 Å². The molecule has 0 aromatic heterocycles. The van der Waals surface area contributed by atoms with Gasteiger partial charge < -0.3 is 13.3 Å². The number of carbonyl (C=O) groups excluding carboxylic acids is 1. The summed E-state index contributed by atoms with van der Waals surface area (Å²) in [5.74, 6) is 0. The maximum Gasteiger partial charge on any atom is 0.573 e. The molecular weight excluding hydrogens is 188 g/mol. The van der Waals surface area contributed by atoms with Gasteiger partial charge in [0.25, 0.3) is 0 Å². The topological polar surface area (TPSA) is 44.8 Å². The number of hydrogen-bond donors (Lipinski definition) is 0. The minimum Gasteiger partial charge on any atom is -0.372 e. The van der Waals surface area contributed by atoms with Crippen LogP contribution in [0.25, 0.3) is 0 Å². The second-order valence-corrected chi connectivity index (χ2v) is 5.59. The van der Waals surface area contributed by atoms with E-state index in [1.807, 2.05) is 6.92 Å². The molecule has 0 aromatic rings. The zero-order chi connectivity index (χ0) is 10.3. The summed E-state index contributed by atoms with van der Waals surface area (Å²) in [7, 11) is 1.35. The molecule has 5 heteroatoms. The summed E-state index contributed by atoms with van der Waals surface area (Å²) in [5.41, 5.74) is 0. The number of hydrogen-bond acceptors (Lipinski definition) is 4. The van der Waals surface area contributed by atoms with Crippen LogP contribution in [-0.4, -0.2) is 35.5 Å². The molecule has 0 atom stereocenters. The van der Waals surface area contributed by atoms with E-state index in [0.29, 0.717) is 6.42 Å². The van der Waals surface area contributed by atoms with E-state index >= 15 is 0 Å². The van der Waals surface area contributed by atoms with Crippen LogP contribution in [0.3, 0.4) is 0 Å². The van der Waals surface area contributed by atoms with Crippen molar-refractivity contribution < 1.29 is 18.1 Å². The van der Waals surface area contributed by atoms with Crippen LogP contribution in [0.5, 0.6) is 0 Å². The van der Waals surface area contributed by atoms with Gasteiger partial charge in [0.05, 0.1) is 0 Å². The fraction of sp³-hybridized carbons (Fsp3) is 0.875. The van der Waals surface area contributed by atoms with Crippen LogP contribution >= 0.6 is 0 Å². The largest absolute Gasteiger partial charge is 0.573 e. The summed E-state index contributed by atoms with van der Waals surface area (Å²) in [6.45, 7) is 2.03. The fourth-order valence-corrected chi connectivity index (χ4v) is 2.75. The Morgan fingerprint density at radius 3 is 1.92 bits per heavy atom. The molecule has 0 fully saturated rings. The Bertz CT molecular complexity index is 148. The highest BCUT2D eigenvalue weighted by Gasteiger charge is 2.46. The van der Waals surface area contributed by atoms with Crippen molar-refractivity contribution in [2.45, 2.75) is 26.2 Å². The van der Waals surface area contributed by atoms with Gasteiger partial charge in [-0.1, -0.05) is 13.3 Å². The molecule has 0 aliphatic carbocycles. The Kier molecular flexibility index (Phi) is 6.14. The molecule has 0 aromatic carbocycles. The van der Waals surface area contributed by atoms with E-state index < -0.39 is 8.80 Å². The van der Waals surface area contributed by atoms with Gasteiger partial charge in [0, 0.05) is 27.8 Å². The summed E-state index contributed by atoms with van der Waals surface area (Å²) in [5, 5.41) is -0.0400. The molecule has 0 N–H and O–H groups in total. The molecule has 0 amide bonds. The van der Waals surface area contributed by atoms with E-state index in [0.717, 1.165) is 12.8 Å². The first-order valence-electron chi connectivity index (χ1n) is 4.35. The van der Waals surface area contributed by atoms with Gasteiger partial charge in [-0.3, -0.25) is 4.79 Å².